The van der Waals surface area contributed by atoms with Crippen LogP contribution < -0.4 is 0 Å². The second kappa shape index (κ2) is 4.78. The topological polar surface area (TPSA) is 61.1 Å². The minimum Gasteiger partial charge on any atom is -0.442 e. The van der Waals surface area contributed by atoms with Crippen LogP contribution in [-0.4, -0.2) is 13.4 Å². The van der Waals surface area contributed by atoms with Gasteiger partial charge in [-0.25, -0.2) is 8.42 Å². The summed E-state index contributed by atoms with van der Waals surface area (Å²) in [6.45, 7) is 3.78. The molecule has 94 valence electrons. The van der Waals surface area contributed by atoms with Gasteiger partial charge < -0.3 is 9.71 Å². The molecule has 18 heavy (non-hydrogen) atoms. The lowest BCUT2D eigenvalue weighted by Crippen LogP contribution is -1.98. The highest BCUT2D eigenvalue weighted by Gasteiger charge is 2.08. The van der Waals surface area contributed by atoms with Crippen molar-refractivity contribution in [2.24, 2.45) is 0 Å². The zero-order valence-corrected chi connectivity index (χ0v) is 11.0. The van der Waals surface area contributed by atoms with Crippen LogP contribution >= 0.6 is 0 Å². The predicted octanol–water partition coefficient (Wildman–Crippen LogP) is 3.09. The summed E-state index contributed by atoms with van der Waals surface area (Å²) in [5, 5.41) is 0. The highest BCUT2D eigenvalue weighted by Crippen LogP contribution is 2.25. The van der Waals surface area contributed by atoms with E-state index in [1.54, 1.807) is 42.6 Å². The van der Waals surface area contributed by atoms with Gasteiger partial charge in [-0.1, -0.05) is 41.6 Å². The SMILES string of the molecule is Cc1ccc(S(=O)(=O)[N-]c2ccc(C)cn2)cc1. The Labute approximate surface area is 107 Å². The zero-order valence-electron chi connectivity index (χ0n) is 10.2. The van der Waals surface area contributed by atoms with E-state index in [0.29, 0.717) is 0 Å². The van der Waals surface area contributed by atoms with E-state index < -0.39 is 10.0 Å². The number of pyridine rings is 1. The van der Waals surface area contributed by atoms with Gasteiger partial charge in [0.25, 0.3) is 0 Å². The maximum Gasteiger partial charge on any atom is 0.202 e. The first-order chi connectivity index (χ1) is 8.47. The Morgan fingerprint density at radius 3 is 2.11 bits per heavy atom. The smallest absolute Gasteiger partial charge is 0.202 e. The first kappa shape index (κ1) is 12.6. The van der Waals surface area contributed by atoms with Crippen molar-refractivity contribution in [3.8, 4) is 0 Å². The zero-order chi connectivity index (χ0) is 13.2. The molecule has 0 aliphatic rings. The van der Waals surface area contributed by atoms with E-state index in [1.807, 2.05) is 13.8 Å². The van der Waals surface area contributed by atoms with Gasteiger partial charge in [-0.15, -0.1) is 0 Å². The van der Waals surface area contributed by atoms with Crippen molar-refractivity contribution in [2.45, 2.75) is 18.7 Å². The van der Waals surface area contributed by atoms with Crippen LogP contribution in [0.25, 0.3) is 4.72 Å². The normalized spacial score (nSPS) is 11.2. The van der Waals surface area contributed by atoms with Gasteiger partial charge in [-0.05, 0) is 31.8 Å². The summed E-state index contributed by atoms with van der Waals surface area (Å²) in [6, 6.07) is 9.93. The third kappa shape index (κ3) is 2.87. The minimum atomic E-state index is -3.68. The number of hydrogen-bond donors (Lipinski definition) is 0. The molecule has 1 heterocycles. The maximum atomic E-state index is 12.0. The number of benzene rings is 1. The number of hydrogen-bond acceptors (Lipinski definition) is 3. The van der Waals surface area contributed by atoms with Crippen molar-refractivity contribution < 1.29 is 8.42 Å². The molecule has 0 saturated heterocycles. The van der Waals surface area contributed by atoms with E-state index in [4.69, 9.17) is 0 Å². The fraction of sp³-hybridized carbons (Fsp3) is 0.154. The van der Waals surface area contributed by atoms with Crippen molar-refractivity contribution in [2.75, 3.05) is 0 Å². The lowest BCUT2D eigenvalue weighted by molar-refractivity contribution is 0.603. The highest BCUT2D eigenvalue weighted by atomic mass is 32.2. The molecular formula is C13H13N2O2S-. The molecule has 0 unspecified atom stereocenters. The van der Waals surface area contributed by atoms with Crippen molar-refractivity contribution in [3.05, 3.63) is 58.4 Å². The van der Waals surface area contributed by atoms with E-state index >= 15 is 0 Å². The summed E-state index contributed by atoms with van der Waals surface area (Å²) in [7, 11) is -3.68. The van der Waals surface area contributed by atoms with Gasteiger partial charge in [0.1, 0.15) is 0 Å². The van der Waals surface area contributed by atoms with Gasteiger partial charge in [0, 0.05) is 0 Å². The first-order valence-electron chi connectivity index (χ1n) is 5.45. The molecule has 5 heteroatoms. The average molecular weight is 261 g/mol. The molecule has 0 bridgehead atoms. The first-order valence-corrected chi connectivity index (χ1v) is 6.89. The van der Waals surface area contributed by atoms with E-state index in [0.717, 1.165) is 11.1 Å². The number of sulfonamides is 1. The Balaban J connectivity index is 2.27. The molecule has 0 N–H and O–H groups in total. The van der Waals surface area contributed by atoms with Crippen LogP contribution in [0.2, 0.25) is 0 Å². The van der Waals surface area contributed by atoms with Crippen molar-refractivity contribution in [1.29, 1.82) is 0 Å². The van der Waals surface area contributed by atoms with Crippen LogP contribution in [0.3, 0.4) is 0 Å². The average Bonchev–Trinajstić information content (AvgIpc) is 2.32. The summed E-state index contributed by atoms with van der Waals surface area (Å²) in [4.78, 5) is 4.14. The third-order valence-electron chi connectivity index (χ3n) is 2.43. The number of aromatic nitrogens is 1. The van der Waals surface area contributed by atoms with E-state index in [1.165, 1.54) is 0 Å². The van der Waals surface area contributed by atoms with Crippen LogP contribution in [0.15, 0.2) is 47.5 Å². The molecule has 0 aliphatic heterocycles. The fourth-order valence-electron chi connectivity index (χ4n) is 1.40. The van der Waals surface area contributed by atoms with Crippen LogP contribution in [-0.2, 0) is 10.0 Å². The summed E-state index contributed by atoms with van der Waals surface area (Å²) in [5.41, 5.74) is 1.96. The summed E-state index contributed by atoms with van der Waals surface area (Å²) >= 11 is 0. The molecule has 2 aromatic rings. The Hall–Kier alpha value is -1.88. The molecule has 1 aromatic heterocycles. The molecule has 0 spiro atoms. The lowest BCUT2D eigenvalue weighted by Gasteiger charge is -2.15. The maximum absolute atomic E-state index is 12.0. The lowest BCUT2D eigenvalue weighted by atomic mass is 10.2. The van der Waals surface area contributed by atoms with E-state index in [-0.39, 0.29) is 10.7 Å². The minimum absolute atomic E-state index is 0.176. The summed E-state index contributed by atoms with van der Waals surface area (Å²) in [6.07, 6.45) is 1.59. The van der Waals surface area contributed by atoms with Crippen LogP contribution in [0.4, 0.5) is 5.82 Å². The second-order valence-corrected chi connectivity index (χ2v) is 5.68. The molecule has 4 nitrogen and oxygen atoms in total. The van der Waals surface area contributed by atoms with Crippen LogP contribution in [0, 0.1) is 13.8 Å². The Morgan fingerprint density at radius 1 is 0.944 bits per heavy atom. The van der Waals surface area contributed by atoms with Gasteiger partial charge in [0.15, 0.2) is 0 Å². The van der Waals surface area contributed by atoms with Crippen molar-refractivity contribution in [1.82, 2.24) is 4.98 Å². The van der Waals surface area contributed by atoms with E-state index in [9.17, 15) is 8.42 Å². The molecule has 0 saturated carbocycles. The van der Waals surface area contributed by atoms with Crippen molar-refractivity contribution in [3.63, 3.8) is 0 Å². The molecule has 0 amide bonds. The summed E-state index contributed by atoms with van der Waals surface area (Å²) < 4.78 is 27.7. The van der Waals surface area contributed by atoms with Gasteiger partial charge >= 0.3 is 0 Å². The van der Waals surface area contributed by atoms with Gasteiger partial charge in [-0.2, -0.15) is 0 Å². The largest absolute Gasteiger partial charge is 0.442 e. The standard InChI is InChI=1S/C13H13N2O2S/c1-10-3-6-12(7-4-10)18(16,17)15-13-8-5-11(2)9-14-13/h3-9H,1-2H3/q-1. The second-order valence-electron chi connectivity index (χ2n) is 4.07. The monoisotopic (exact) mass is 261 g/mol. The number of rotatable bonds is 3. The number of aryl methyl sites for hydroxylation is 2. The Bertz CT molecular complexity index is 632. The molecular weight excluding hydrogens is 248 g/mol. The van der Waals surface area contributed by atoms with Gasteiger partial charge in [0.05, 0.1) is 4.90 Å². The summed E-state index contributed by atoms with van der Waals surface area (Å²) in [5.74, 6) is 0.196. The fourth-order valence-corrected chi connectivity index (χ4v) is 2.34. The Kier molecular flexibility index (Phi) is 3.34. The molecule has 1 aromatic carbocycles. The molecule has 0 radical (unpaired) electrons. The molecule has 2 rings (SSSR count). The Morgan fingerprint density at radius 2 is 1.56 bits per heavy atom. The van der Waals surface area contributed by atoms with Gasteiger partial charge in [-0.3, -0.25) is 0 Å². The quantitative estimate of drug-likeness (QED) is 0.853. The van der Waals surface area contributed by atoms with Gasteiger partial charge in [0.2, 0.25) is 10.0 Å². The number of nitrogens with zero attached hydrogens (tertiary/aromatic N) is 2. The molecule has 0 atom stereocenters. The highest BCUT2D eigenvalue weighted by molar-refractivity contribution is 7.94. The van der Waals surface area contributed by atoms with Crippen LogP contribution in [0.1, 0.15) is 11.1 Å². The van der Waals surface area contributed by atoms with E-state index in [2.05, 4.69) is 9.71 Å². The molecule has 0 aliphatic carbocycles. The predicted molar refractivity (Wildman–Crippen MR) is 70.4 cm³/mol. The van der Waals surface area contributed by atoms with Crippen molar-refractivity contribution >= 4 is 15.8 Å². The third-order valence-corrected chi connectivity index (χ3v) is 3.72. The van der Waals surface area contributed by atoms with Crippen LogP contribution in [0.5, 0.6) is 0 Å². The molecule has 0 fully saturated rings.